The van der Waals surface area contributed by atoms with Crippen LogP contribution in [0.25, 0.3) is 32.1 Å². The van der Waals surface area contributed by atoms with Crippen molar-refractivity contribution in [3.05, 3.63) is 41.0 Å². The maximum atomic E-state index is 17.0. The summed E-state index contributed by atoms with van der Waals surface area (Å²) in [6, 6.07) is 3.54. The molecule has 0 aliphatic carbocycles. The van der Waals surface area contributed by atoms with Crippen LogP contribution in [0.4, 0.5) is 37.2 Å². The number of halogens is 6. The van der Waals surface area contributed by atoms with Gasteiger partial charge in [-0.25, -0.2) is 21.6 Å². The van der Waals surface area contributed by atoms with Crippen molar-refractivity contribution in [1.29, 1.82) is 5.26 Å². The van der Waals surface area contributed by atoms with Gasteiger partial charge in [0.25, 0.3) is 0 Å². The van der Waals surface area contributed by atoms with Gasteiger partial charge in [-0.1, -0.05) is 6.07 Å². The zero-order valence-electron chi connectivity index (χ0n) is 26.1. The van der Waals surface area contributed by atoms with Crippen LogP contribution in [-0.4, -0.2) is 79.3 Å². The van der Waals surface area contributed by atoms with Crippen LogP contribution in [-0.2, 0) is 16.0 Å². The fourth-order valence-corrected chi connectivity index (χ4v) is 10.0. The van der Waals surface area contributed by atoms with Gasteiger partial charge < -0.3 is 15.4 Å². The first-order chi connectivity index (χ1) is 23.1. The third-order valence-corrected chi connectivity index (χ3v) is 12.8. The quantitative estimate of drug-likeness (QED) is 0.231. The first-order valence-corrected chi connectivity index (χ1v) is 18.2. The lowest BCUT2D eigenvalue weighted by Crippen LogP contribution is -2.43. The standard InChI is InChI=1S/C32H30F6N6O3S2/c1-43(17-5-9-49(45,46)10-6-17)29-19-11-21(32(36,37)38)24(18-3-4-22(34)27-23(18)20(13-39)28(40)48-27)25(35)26(19)41-30(42-29)47-15-31-7-2-8-44(31)14-16(33)12-31/h3-4,11,16-17H,2,5-10,12,14-15,40H2,1H3/t16-,31+/m1/s1. The van der Waals surface area contributed by atoms with Gasteiger partial charge in [-0.15, -0.1) is 11.3 Å². The van der Waals surface area contributed by atoms with Crippen molar-refractivity contribution in [3.8, 4) is 23.2 Å². The molecule has 49 heavy (non-hydrogen) atoms. The molecular formula is C32H30F6N6O3S2. The second kappa shape index (κ2) is 11.9. The van der Waals surface area contributed by atoms with E-state index in [0.29, 0.717) is 30.4 Å². The zero-order valence-corrected chi connectivity index (χ0v) is 27.7. The van der Waals surface area contributed by atoms with Gasteiger partial charge in [0.05, 0.1) is 32.9 Å². The lowest BCUT2D eigenvalue weighted by molar-refractivity contribution is -0.137. The Labute approximate surface area is 281 Å². The molecule has 3 saturated heterocycles. The molecule has 0 amide bonds. The molecule has 0 spiro atoms. The van der Waals surface area contributed by atoms with Gasteiger partial charge in [0.2, 0.25) is 0 Å². The molecule has 0 radical (unpaired) electrons. The van der Waals surface area contributed by atoms with Gasteiger partial charge in [-0.2, -0.15) is 28.4 Å². The molecule has 260 valence electrons. The largest absolute Gasteiger partial charge is 0.461 e. The Morgan fingerprint density at radius 1 is 1.22 bits per heavy atom. The topological polar surface area (TPSA) is 125 Å². The van der Waals surface area contributed by atoms with Gasteiger partial charge in [-0.3, -0.25) is 4.90 Å². The fraction of sp³-hybridized carbons (Fsp3) is 0.469. The number of aromatic nitrogens is 2. The molecule has 3 fully saturated rings. The number of nitriles is 1. The summed E-state index contributed by atoms with van der Waals surface area (Å²) in [5.41, 5.74) is 1.69. The van der Waals surface area contributed by atoms with Crippen molar-refractivity contribution in [2.45, 2.75) is 56.0 Å². The number of ether oxygens (including phenoxy) is 1. The molecule has 2 N–H and O–H groups in total. The van der Waals surface area contributed by atoms with E-state index in [1.165, 1.54) is 11.9 Å². The molecule has 2 aromatic carbocycles. The van der Waals surface area contributed by atoms with Crippen LogP contribution in [0.2, 0.25) is 0 Å². The predicted octanol–water partition coefficient (Wildman–Crippen LogP) is 6.23. The van der Waals surface area contributed by atoms with Crippen molar-refractivity contribution in [3.63, 3.8) is 0 Å². The number of hydrogen-bond donors (Lipinski definition) is 1. The number of benzene rings is 2. The van der Waals surface area contributed by atoms with E-state index in [0.717, 1.165) is 18.6 Å². The number of anilines is 2. The van der Waals surface area contributed by atoms with E-state index in [2.05, 4.69) is 9.97 Å². The number of nitrogens with two attached hydrogens (primary N) is 1. The summed E-state index contributed by atoms with van der Waals surface area (Å²) in [6.45, 7) is 0.864. The molecule has 2 aromatic heterocycles. The number of nitrogens with zero attached hydrogens (tertiary/aromatic N) is 5. The Bertz CT molecular complexity index is 2140. The second-order valence-corrected chi connectivity index (χ2v) is 16.3. The third kappa shape index (κ3) is 5.71. The Balaban J connectivity index is 1.45. The molecule has 3 aliphatic rings. The Morgan fingerprint density at radius 3 is 2.65 bits per heavy atom. The Morgan fingerprint density at radius 2 is 1.96 bits per heavy atom. The minimum absolute atomic E-state index is 0.0445. The highest BCUT2D eigenvalue weighted by molar-refractivity contribution is 7.91. The lowest BCUT2D eigenvalue weighted by atomic mass is 9.92. The van der Waals surface area contributed by atoms with Crippen LogP contribution in [0.5, 0.6) is 6.01 Å². The Hall–Kier alpha value is -3.88. The van der Waals surface area contributed by atoms with Gasteiger partial charge in [0, 0.05) is 42.4 Å². The van der Waals surface area contributed by atoms with E-state index in [9.17, 15) is 35.6 Å². The van der Waals surface area contributed by atoms with Crippen LogP contribution >= 0.6 is 11.3 Å². The van der Waals surface area contributed by atoms with E-state index in [-0.39, 0.29) is 81.8 Å². The average molecular weight is 725 g/mol. The van der Waals surface area contributed by atoms with Crippen molar-refractivity contribution in [2.24, 2.45) is 0 Å². The van der Waals surface area contributed by atoms with Crippen molar-refractivity contribution in [1.82, 2.24) is 14.9 Å². The van der Waals surface area contributed by atoms with Crippen molar-refractivity contribution < 1.29 is 39.5 Å². The van der Waals surface area contributed by atoms with E-state index < -0.39 is 67.6 Å². The lowest BCUT2D eigenvalue weighted by Gasteiger charge is -2.33. The van der Waals surface area contributed by atoms with Gasteiger partial charge >= 0.3 is 12.2 Å². The highest BCUT2D eigenvalue weighted by Crippen LogP contribution is 2.48. The summed E-state index contributed by atoms with van der Waals surface area (Å²) in [5, 5.41) is 9.07. The summed E-state index contributed by atoms with van der Waals surface area (Å²) in [7, 11) is -1.76. The summed E-state index contributed by atoms with van der Waals surface area (Å²) in [4.78, 5) is 12.2. The zero-order chi connectivity index (χ0) is 35.0. The van der Waals surface area contributed by atoms with E-state index in [1.807, 2.05) is 4.90 Å². The summed E-state index contributed by atoms with van der Waals surface area (Å²) in [6.07, 6.45) is -4.22. The summed E-state index contributed by atoms with van der Waals surface area (Å²) < 4.78 is 121. The molecule has 0 bridgehead atoms. The number of fused-ring (bicyclic) bond motifs is 3. The number of sulfone groups is 1. The molecule has 4 aromatic rings. The Kier molecular flexibility index (Phi) is 8.14. The molecule has 0 unspecified atom stereocenters. The van der Waals surface area contributed by atoms with Crippen LogP contribution in [0, 0.1) is 23.0 Å². The molecule has 17 heteroatoms. The first-order valence-electron chi connectivity index (χ1n) is 15.6. The second-order valence-electron chi connectivity index (χ2n) is 12.9. The van der Waals surface area contributed by atoms with Crippen LogP contribution in [0.1, 0.15) is 43.2 Å². The molecule has 9 nitrogen and oxygen atoms in total. The monoisotopic (exact) mass is 724 g/mol. The van der Waals surface area contributed by atoms with Crippen LogP contribution in [0.15, 0.2) is 18.2 Å². The SMILES string of the molecule is CN(c1nc(OC[C@@]23CCCN2C[C@H](F)C3)nc2c(F)c(-c3ccc(F)c4sc(N)c(C#N)c34)c(C(F)(F)F)cc12)C1CCS(=O)(=O)CC1. The van der Waals surface area contributed by atoms with Crippen molar-refractivity contribution >= 4 is 53.0 Å². The molecule has 3 aliphatic heterocycles. The molecule has 0 saturated carbocycles. The molecule has 5 heterocycles. The van der Waals surface area contributed by atoms with Crippen molar-refractivity contribution in [2.75, 3.05) is 48.9 Å². The highest BCUT2D eigenvalue weighted by atomic mass is 32.2. The summed E-state index contributed by atoms with van der Waals surface area (Å²) in [5.74, 6) is -2.65. The minimum atomic E-state index is -5.14. The van der Waals surface area contributed by atoms with Crippen LogP contribution < -0.4 is 15.4 Å². The predicted molar refractivity (Wildman–Crippen MR) is 173 cm³/mol. The number of rotatable bonds is 6. The highest BCUT2D eigenvalue weighted by Gasteiger charge is 2.49. The average Bonchev–Trinajstić information content (AvgIpc) is 3.69. The van der Waals surface area contributed by atoms with E-state index in [4.69, 9.17) is 10.5 Å². The maximum Gasteiger partial charge on any atom is 0.417 e. The number of hydrogen-bond acceptors (Lipinski definition) is 10. The van der Waals surface area contributed by atoms with E-state index in [1.54, 1.807) is 6.07 Å². The van der Waals surface area contributed by atoms with Crippen LogP contribution in [0.3, 0.4) is 0 Å². The van der Waals surface area contributed by atoms with Gasteiger partial charge in [0.1, 0.15) is 50.8 Å². The summed E-state index contributed by atoms with van der Waals surface area (Å²) >= 11 is 0.663. The minimum Gasteiger partial charge on any atom is -0.461 e. The van der Waals surface area contributed by atoms with Gasteiger partial charge in [-0.05, 0) is 49.9 Å². The third-order valence-electron chi connectivity index (χ3n) is 10.0. The fourth-order valence-electron chi connectivity index (χ4n) is 7.61. The first kappa shape index (κ1) is 33.6. The van der Waals surface area contributed by atoms with E-state index >= 15 is 4.39 Å². The smallest absolute Gasteiger partial charge is 0.417 e. The van der Waals surface area contributed by atoms with Gasteiger partial charge in [0.15, 0.2) is 5.82 Å². The maximum absolute atomic E-state index is 17.0. The normalized spacial score (nSPS) is 22.9. The number of thiophene rings is 1. The molecule has 7 rings (SSSR count). The molecule has 2 atom stereocenters. The number of alkyl halides is 4. The molecular weight excluding hydrogens is 695 g/mol. The number of nitrogen functional groups attached to an aromatic ring is 1.